The van der Waals surface area contributed by atoms with Crippen LogP contribution in [0, 0.1) is 0 Å². The summed E-state index contributed by atoms with van der Waals surface area (Å²) in [6.45, 7) is 4.64. The van der Waals surface area contributed by atoms with Crippen molar-refractivity contribution in [1.82, 2.24) is 9.80 Å². The number of hydrogen-bond donors (Lipinski definition) is 1. The summed E-state index contributed by atoms with van der Waals surface area (Å²) >= 11 is 0. The van der Waals surface area contributed by atoms with Crippen LogP contribution in [0.4, 0.5) is 0 Å². The molecule has 0 aliphatic rings. The van der Waals surface area contributed by atoms with Gasteiger partial charge in [-0.2, -0.15) is 0 Å². The number of nitrogens with zero attached hydrogens (tertiary/aromatic N) is 2. The van der Waals surface area contributed by atoms with E-state index in [1.54, 1.807) is 0 Å². The maximum absolute atomic E-state index is 2.44. The minimum Gasteiger partial charge on any atom is -0.285 e. The lowest BCUT2D eigenvalue weighted by atomic mass is 10.3. The summed E-state index contributed by atoms with van der Waals surface area (Å²) in [5.74, 6) is 1.38. The molecule has 0 spiro atoms. The fourth-order valence-electron chi connectivity index (χ4n) is 1.89. The van der Waals surface area contributed by atoms with Gasteiger partial charge in [-0.25, -0.2) is 0 Å². The molecule has 15 heavy (non-hydrogen) atoms. The zero-order valence-electron chi connectivity index (χ0n) is 11.7. The summed E-state index contributed by atoms with van der Waals surface area (Å²) in [4.78, 5) is 4.97. The average molecular weight is 232 g/mol. The van der Waals surface area contributed by atoms with Crippen molar-refractivity contribution in [3.05, 3.63) is 0 Å². The van der Waals surface area contributed by atoms with E-state index < -0.39 is 0 Å². The van der Waals surface area contributed by atoms with Gasteiger partial charge in [0.15, 0.2) is 7.12 Å². The number of rotatable bonds is 7. The third kappa shape index (κ3) is 4.01. The second-order valence-corrected chi connectivity index (χ2v) is 7.58. The Bertz CT molecular complexity index is 166. The van der Waals surface area contributed by atoms with Gasteiger partial charge in [0.25, 0.3) is 0 Å². The fourth-order valence-corrected chi connectivity index (χ4v) is 4.38. The van der Waals surface area contributed by atoms with Gasteiger partial charge < -0.3 is 0 Å². The van der Waals surface area contributed by atoms with Crippen LogP contribution >= 0.6 is 10.7 Å². The van der Waals surface area contributed by atoms with Crippen molar-refractivity contribution in [2.45, 2.75) is 38.1 Å². The lowest BCUT2D eigenvalue weighted by Crippen LogP contribution is -2.52. The fraction of sp³-hybridized carbons (Fsp3) is 1.00. The topological polar surface area (TPSA) is 6.48 Å². The lowest BCUT2D eigenvalue weighted by molar-refractivity contribution is 0.111. The summed E-state index contributed by atoms with van der Waals surface area (Å²) in [6.07, 6.45) is 4.09. The van der Waals surface area contributed by atoms with Gasteiger partial charge in [-0.1, -0.05) is 19.8 Å². The van der Waals surface area contributed by atoms with E-state index in [-0.39, 0.29) is 15.7 Å². The van der Waals surface area contributed by atoms with Gasteiger partial charge in [0.2, 0.25) is 0 Å². The Morgan fingerprint density at radius 3 is 1.87 bits per heavy atom. The number of unbranched alkanes of at least 4 members (excludes halogenated alkanes) is 2. The van der Waals surface area contributed by atoms with Crippen LogP contribution in [0.25, 0.3) is 0 Å². The minimum atomic E-state index is 0.0353. The maximum Gasteiger partial charge on any atom is 0.153 e. The van der Waals surface area contributed by atoms with Crippen LogP contribution in [0.5, 0.6) is 0 Å². The molecule has 0 aliphatic carbocycles. The summed E-state index contributed by atoms with van der Waals surface area (Å²) in [5.41, 5.74) is 0. The van der Waals surface area contributed by atoms with Crippen LogP contribution in [0.3, 0.4) is 0 Å². The highest BCUT2D eigenvalue weighted by Crippen LogP contribution is 2.40. The van der Waals surface area contributed by atoms with E-state index in [0.717, 1.165) is 0 Å². The Balaban J connectivity index is 4.36. The van der Waals surface area contributed by atoms with Crippen molar-refractivity contribution in [3.63, 3.8) is 0 Å². The zero-order valence-corrected chi connectivity index (χ0v) is 12.6. The van der Waals surface area contributed by atoms with Crippen molar-refractivity contribution < 1.29 is 0 Å². The van der Waals surface area contributed by atoms with Gasteiger partial charge in [-0.3, -0.25) is 20.5 Å². The van der Waals surface area contributed by atoms with Gasteiger partial charge in [-0.05, 0) is 47.3 Å². The minimum absolute atomic E-state index is 0.0353. The first-order valence-electron chi connectivity index (χ1n) is 5.93. The predicted octanol–water partition coefficient (Wildman–Crippen LogP) is 1.52. The van der Waals surface area contributed by atoms with E-state index in [1.807, 2.05) is 0 Å². The van der Waals surface area contributed by atoms with Gasteiger partial charge >= 0.3 is 0 Å². The third-order valence-electron chi connectivity index (χ3n) is 3.51. The Morgan fingerprint density at radius 2 is 1.53 bits per heavy atom. The molecule has 0 aromatic rings. The van der Waals surface area contributed by atoms with E-state index in [2.05, 4.69) is 59.0 Å². The lowest BCUT2D eigenvalue weighted by Gasteiger charge is -2.49. The number of thiol groups is 1. The molecule has 0 heterocycles. The van der Waals surface area contributed by atoms with Crippen molar-refractivity contribution in [3.8, 4) is 0 Å². The van der Waals surface area contributed by atoms with Crippen molar-refractivity contribution in [2.75, 3.05) is 33.9 Å². The summed E-state index contributed by atoms with van der Waals surface area (Å²) < 4.78 is 0. The first-order valence-corrected chi connectivity index (χ1v) is 7.90. The van der Waals surface area contributed by atoms with E-state index in [0.29, 0.717) is 0 Å². The largest absolute Gasteiger partial charge is 0.285 e. The van der Waals surface area contributed by atoms with Gasteiger partial charge in [0, 0.05) is 0 Å². The molecule has 0 radical (unpaired) electrons. The highest BCUT2D eigenvalue weighted by atomic mass is 32.2. The Morgan fingerprint density at radius 1 is 1.07 bits per heavy atom. The van der Waals surface area contributed by atoms with Crippen molar-refractivity contribution in [1.29, 1.82) is 0 Å². The highest BCUT2D eigenvalue weighted by Gasteiger charge is 2.32. The molecular weight excluding hydrogens is 203 g/mol. The number of hydrogen-bond acceptors (Lipinski definition) is 2. The maximum atomic E-state index is 2.44. The standard InChI is InChI=1S/C11H29BN2S/c1-7-8-9-10-15(12)11(2,13(3)4)14(5)6/h15H,7-10,12H2,1-6H3. The van der Waals surface area contributed by atoms with Gasteiger partial charge in [-0.15, -0.1) is 0 Å². The zero-order chi connectivity index (χ0) is 12.1. The van der Waals surface area contributed by atoms with E-state index in [4.69, 9.17) is 0 Å². The van der Waals surface area contributed by atoms with Crippen LogP contribution in [0.2, 0.25) is 0 Å². The highest BCUT2D eigenvalue weighted by molar-refractivity contribution is 8.36. The van der Waals surface area contributed by atoms with E-state index in [1.165, 1.54) is 25.0 Å². The predicted molar refractivity (Wildman–Crippen MR) is 77.7 cm³/mol. The molecule has 0 bridgehead atoms. The molecule has 0 saturated carbocycles. The summed E-state index contributed by atoms with van der Waals surface area (Å²) in [6, 6.07) is 0. The average Bonchev–Trinajstić information content (AvgIpc) is 2.15. The molecule has 0 aromatic heterocycles. The second-order valence-electron chi connectivity index (χ2n) is 4.89. The first-order chi connectivity index (χ1) is 6.87. The Labute approximate surface area is 100 Å². The quantitative estimate of drug-likeness (QED) is 0.308. The second kappa shape index (κ2) is 6.82. The normalized spacial score (nSPS) is 16.1. The van der Waals surface area contributed by atoms with Crippen LogP contribution in [-0.2, 0) is 0 Å². The third-order valence-corrected chi connectivity index (χ3v) is 6.75. The molecule has 4 heteroatoms. The molecule has 92 valence electrons. The summed E-state index contributed by atoms with van der Waals surface area (Å²) in [7, 11) is 11.2. The molecule has 0 rings (SSSR count). The molecule has 1 unspecified atom stereocenters. The first kappa shape index (κ1) is 15.3. The monoisotopic (exact) mass is 232 g/mol. The smallest absolute Gasteiger partial charge is 0.153 e. The van der Waals surface area contributed by atoms with E-state index in [9.17, 15) is 0 Å². The molecule has 0 aliphatic heterocycles. The molecular formula is C11H29BN2S. The van der Waals surface area contributed by atoms with Crippen LogP contribution in [-0.4, -0.2) is 55.9 Å². The summed E-state index contributed by atoms with van der Waals surface area (Å²) in [5, 5.41) is 0. The SMILES string of the molecule is B[SH](CCCCC)C(C)(N(C)C)N(C)C. The van der Waals surface area contributed by atoms with Crippen molar-refractivity contribution >= 4 is 17.9 Å². The Kier molecular flexibility index (Phi) is 6.97. The molecule has 2 nitrogen and oxygen atoms in total. The van der Waals surface area contributed by atoms with Crippen LogP contribution in [0.15, 0.2) is 0 Å². The van der Waals surface area contributed by atoms with Crippen LogP contribution < -0.4 is 0 Å². The Hall–Kier alpha value is 0.335. The molecule has 0 saturated heterocycles. The molecule has 0 aromatic carbocycles. The molecule has 0 fully saturated rings. The van der Waals surface area contributed by atoms with E-state index >= 15 is 0 Å². The van der Waals surface area contributed by atoms with Gasteiger partial charge in [0.05, 0.1) is 4.99 Å². The van der Waals surface area contributed by atoms with Crippen molar-refractivity contribution in [2.24, 2.45) is 0 Å². The molecule has 1 atom stereocenters. The van der Waals surface area contributed by atoms with Crippen LogP contribution in [0.1, 0.15) is 33.1 Å². The van der Waals surface area contributed by atoms with Gasteiger partial charge in [0.1, 0.15) is 0 Å². The molecule has 0 amide bonds. The molecule has 0 N–H and O–H groups in total.